The van der Waals surface area contributed by atoms with Gasteiger partial charge in [0.15, 0.2) is 0 Å². The van der Waals surface area contributed by atoms with Crippen LogP contribution in [0.15, 0.2) is 12.1 Å². The molecule has 0 aromatic heterocycles. The summed E-state index contributed by atoms with van der Waals surface area (Å²) in [6.45, 7) is 0. The van der Waals surface area contributed by atoms with E-state index in [1.807, 2.05) is 6.07 Å². The van der Waals surface area contributed by atoms with E-state index in [-0.39, 0.29) is 17.8 Å². The van der Waals surface area contributed by atoms with E-state index in [4.69, 9.17) is 28.3 Å². The molecule has 1 aromatic carbocycles. The molecule has 1 fully saturated rings. The van der Waals surface area contributed by atoms with E-state index < -0.39 is 5.97 Å². The fourth-order valence-electron chi connectivity index (χ4n) is 2.75. The molecule has 0 radical (unpaired) electrons. The Bertz CT molecular complexity index is 470. The van der Waals surface area contributed by atoms with Gasteiger partial charge in [-0.2, -0.15) is 0 Å². The minimum atomic E-state index is -0.693. The quantitative estimate of drug-likeness (QED) is 0.823. The van der Waals surface area contributed by atoms with Gasteiger partial charge in [-0.1, -0.05) is 29.3 Å². The number of aliphatic carboxylic acids is 1. The maximum atomic E-state index is 10.9. The molecule has 78 valence electrons. The molecule has 2 aliphatic carbocycles. The first-order chi connectivity index (χ1) is 7.11. The summed E-state index contributed by atoms with van der Waals surface area (Å²) >= 11 is 12.0. The molecule has 0 aliphatic heterocycles. The van der Waals surface area contributed by atoms with Crippen molar-refractivity contribution in [3.8, 4) is 0 Å². The molecule has 0 heterocycles. The van der Waals surface area contributed by atoms with Gasteiger partial charge in [0.05, 0.1) is 16.0 Å². The Labute approximate surface area is 96.8 Å². The highest BCUT2D eigenvalue weighted by atomic mass is 35.5. The summed E-state index contributed by atoms with van der Waals surface area (Å²) in [5.74, 6) is -0.475. The minimum Gasteiger partial charge on any atom is -0.481 e. The Balaban J connectivity index is 2.04. The molecule has 15 heavy (non-hydrogen) atoms. The number of rotatable bonds is 1. The summed E-state index contributed by atoms with van der Waals surface area (Å²) in [5, 5.41) is 10.1. The third-order valence-corrected chi connectivity index (χ3v) is 4.33. The second-order valence-corrected chi connectivity index (χ2v) is 4.97. The average Bonchev–Trinajstić information content (AvgIpc) is 2.78. The van der Waals surface area contributed by atoms with Crippen molar-refractivity contribution in [1.29, 1.82) is 0 Å². The fourth-order valence-corrected chi connectivity index (χ4v) is 3.18. The van der Waals surface area contributed by atoms with Crippen molar-refractivity contribution in [2.75, 3.05) is 0 Å². The molecule has 4 heteroatoms. The second kappa shape index (κ2) is 2.89. The second-order valence-electron chi connectivity index (χ2n) is 4.19. The van der Waals surface area contributed by atoms with Gasteiger partial charge in [0.25, 0.3) is 0 Å². The van der Waals surface area contributed by atoms with Gasteiger partial charge in [-0.15, -0.1) is 0 Å². The van der Waals surface area contributed by atoms with Crippen molar-refractivity contribution in [2.45, 2.75) is 12.3 Å². The van der Waals surface area contributed by atoms with Crippen molar-refractivity contribution < 1.29 is 9.90 Å². The zero-order valence-electron chi connectivity index (χ0n) is 7.71. The molecule has 1 aromatic rings. The van der Waals surface area contributed by atoms with Crippen LogP contribution in [0, 0.1) is 11.8 Å². The Hall–Kier alpha value is -0.730. The molecule has 0 saturated heterocycles. The Morgan fingerprint density at radius 1 is 1.40 bits per heavy atom. The van der Waals surface area contributed by atoms with Gasteiger partial charge in [0.2, 0.25) is 0 Å². The third-order valence-electron chi connectivity index (χ3n) is 3.48. The van der Waals surface area contributed by atoms with Gasteiger partial charge in [-0.3, -0.25) is 4.79 Å². The minimum absolute atomic E-state index is 0.173. The van der Waals surface area contributed by atoms with Crippen LogP contribution in [0.1, 0.15) is 17.0 Å². The van der Waals surface area contributed by atoms with Crippen LogP contribution >= 0.6 is 23.2 Å². The third kappa shape index (κ3) is 1.15. The topological polar surface area (TPSA) is 37.3 Å². The van der Waals surface area contributed by atoms with E-state index in [1.54, 1.807) is 6.07 Å². The highest BCUT2D eigenvalue weighted by molar-refractivity contribution is 6.42. The highest BCUT2D eigenvalue weighted by Crippen LogP contribution is 2.62. The molecule has 1 N–H and O–H groups in total. The van der Waals surface area contributed by atoms with Gasteiger partial charge in [-0.25, -0.2) is 0 Å². The number of carboxylic acid groups (broad SMARTS) is 1. The lowest BCUT2D eigenvalue weighted by molar-refractivity contribution is -0.139. The predicted octanol–water partition coefficient (Wildman–Crippen LogP) is 2.96. The smallest absolute Gasteiger partial charge is 0.307 e. The monoisotopic (exact) mass is 242 g/mol. The van der Waals surface area contributed by atoms with E-state index >= 15 is 0 Å². The maximum Gasteiger partial charge on any atom is 0.307 e. The van der Waals surface area contributed by atoms with Crippen molar-refractivity contribution in [1.82, 2.24) is 0 Å². The largest absolute Gasteiger partial charge is 0.481 e. The zero-order valence-corrected chi connectivity index (χ0v) is 9.22. The first-order valence-corrected chi connectivity index (χ1v) is 5.56. The fraction of sp³-hybridized carbons (Fsp3) is 0.364. The van der Waals surface area contributed by atoms with Crippen LogP contribution in [0.5, 0.6) is 0 Å². The zero-order chi connectivity index (χ0) is 10.7. The summed E-state index contributed by atoms with van der Waals surface area (Å²) < 4.78 is 0. The van der Waals surface area contributed by atoms with Crippen LogP contribution < -0.4 is 0 Å². The van der Waals surface area contributed by atoms with Crippen molar-refractivity contribution in [3.05, 3.63) is 33.3 Å². The van der Waals surface area contributed by atoms with Crippen molar-refractivity contribution in [3.63, 3.8) is 0 Å². The lowest BCUT2D eigenvalue weighted by atomic mass is 10.0. The number of benzene rings is 1. The molecule has 0 bridgehead atoms. The number of carbonyl (C=O) groups is 1. The van der Waals surface area contributed by atoms with Gasteiger partial charge in [-0.05, 0) is 29.5 Å². The van der Waals surface area contributed by atoms with Crippen LogP contribution in [0.2, 0.25) is 10.0 Å². The van der Waals surface area contributed by atoms with Crippen molar-refractivity contribution >= 4 is 29.2 Å². The molecule has 0 amide bonds. The number of hydrogen-bond donors (Lipinski definition) is 1. The Kier molecular flexibility index (Phi) is 1.83. The molecule has 2 nitrogen and oxygen atoms in total. The molecule has 3 unspecified atom stereocenters. The number of fused-ring (bicyclic) bond motifs is 3. The predicted molar refractivity (Wildman–Crippen MR) is 57.5 cm³/mol. The van der Waals surface area contributed by atoms with Crippen molar-refractivity contribution in [2.24, 2.45) is 11.8 Å². The van der Waals surface area contributed by atoms with E-state index in [0.29, 0.717) is 10.0 Å². The summed E-state index contributed by atoms with van der Waals surface area (Å²) in [6, 6.07) is 3.67. The maximum absolute atomic E-state index is 10.9. The Morgan fingerprint density at radius 2 is 2.13 bits per heavy atom. The summed E-state index contributed by atoms with van der Waals surface area (Å²) in [4.78, 5) is 10.9. The lowest BCUT2D eigenvalue weighted by Crippen LogP contribution is -2.05. The molecular weight excluding hydrogens is 235 g/mol. The van der Waals surface area contributed by atoms with Gasteiger partial charge in [0.1, 0.15) is 0 Å². The van der Waals surface area contributed by atoms with E-state index in [1.165, 1.54) is 0 Å². The number of carboxylic acids is 1. The molecule has 0 spiro atoms. The van der Waals surface area contributed by atoms with E-state index in [0.717, 1.165) is 17.5 Å². The first kappa shape index (κ1) is 9.49. The van der Waals surface area contributed by atoms with E-state index in [9.17, 15) is 4.79 Å². The molecular formula is C11H8Cl2O2. The summed E-state index contributed by atoms with van der Waals surface area (Å²) in [6.07, 6.45) is 0.760. The molecule has 1 saturated carbocycles. The first-order valence-electron chi connectivity index (χ1n) is 4.81. The van der Waals surface area contributed by atoms with Crippen LogP contribution in [-0.4, -0.2) is 11.1 Å². The SMILES string of the molecule is O=C(O)C1C2Cc3c(ccc(Cl)c3Cl)C21. The Morgan fingerprint density at radius 3 is 2.80 bits per heavy atom. The standard InChI is InChI=1S/C11H8Cl2O2/c12-7-2-1-4-5(10(7)13)3-6-8(4)9(6)11(14)15/h1-2,6,8-9H,3H2,(H,14,15). The van der Waals surface area contributed by atoms with Crippen LogP contribution in [0.25, 0.3) is 0 Å². The molecule has 3 rings (SSSR count). The average molecular weight is 243 g/mol. The summed E-state index contributed by atoms with van der Waals surface area (Å²) in [5.41, 5.74) is 2.14. The molecule has 3 atom stereocenters. The lowest BCUT2D eigenvalue weighted by Gasteiger charge is -2.08. The normalized spacial score (nSPS) is 30.9. The van der Waals surface area contributed by atoms with Crippen LogP contribution in [0.4, 0.5) is 0 Å². The van der Waals surface area contributed by atoms with Gasteiger partial charge in [0, 0.05) is 5.92 Å². The summed E-state index contributed by atoms with van der Waals surface area (Å²) in [7, 11) is 0. The van der Waals surface area contributed by atoms with Gasteiger partial charge >= 0.3 is 5.97 Å². The number of hydrogen-bond acceptors (Lipinski definition) is 1. The van der Waals surface area contributed by atoms with E-state index in [2.05, 4.69) is 0 Å². The van der Waals surface area contributed by atoms with Gasteiger partial charge < -0.3 is 5.11 Å². The molecule has 2 aliphatic rings. The highest BCUT2D eigenvalue weighted by Gasteiger charge is 2.60. The van der Waals surface area contributed by atoms with Crippen LogP contribution in [0.3, 0.4) is 0 Å². The number of halogens is 2. The van der Waals surface area contributed by atoms with Crippen LogP contribution in [-0.2, 0) is 11.2 Å².